The maximum atomic E-state index is 13.1. The molecular formula is C20H24FN3O. The van der Waals surface area contributed by atoms with Gasteiger partial charge in [0.15, 0.2) is 0 Å². The molecule has 0 atom stereocenters. The van der Waals surface area contributed by atoms with E-state index in [1.54, 1.807) is 22.9 Å². The number of rotatable bonds is 5. The van der Waals surface area contributed by atoms with Gasteiger partial charge in [0, 0.05) is 29.4 Å². The third kappa shape index (κ3) is 3.65. The Kier molecular flexibility index (Phi) is 4.75. The molecule has 0 saturated heterocycles. The Morgan fingerprint density at radius 2 is 1.92 bits per heavy atom. The van der Waals surface area contributed by atoms with E-state index in [-0.39, 0.29) is 17.8 Å². The van der Waals surface area contributed by atoms with Crippen LogP contribution in [0.3, 0.4) is 0 Å². The molecule has 1 amide bonds. The Morgan fingerprint density at radius 3 is 2.48 bits per heavy atom. The van der Waals surface area contributed by atoms with Crippen molar-refractivity contribution < 1.29 is 9.18 Å². The van der Waals surface area contributed by atoms with Crippen molar-refractivity contribution in [1.29, 1.82) is 0 Å². The highest BCUT2D eigenvalue weighted by Gasteiger charge is 2.33. The summed E-state index contributed by atoms with van der Waals surface area (Å²) in [6.45, 7) is 7.97. The average molecular weight is 341 g/mol. The van der Waals surface area contributed by atoms with Crippen molar-refractivity contribution in [3.63, 3.8) is 0 Å². The van der Waals surface area contributed by atoms with Crippen LogP contribution in [0, 0.1) is 19.7 Å². The Bertz CT molecular complexity index is 799. The smallest absolute Gasteiger partial charge is 0.247 e. The summed E-state index contributed by atoms with van der Waals surface area (Å²) in [4.78, 5) is 14.5. The number of carbonyl (C=O) groups excluding carboxylic acids is 1. The molecule has 0 bridgehead atoms. The number of hydrogen-bond acceptors (Lipinski definition) is 2. The van der Waals surface area contributed by atoms with E-state index in [4.69, 9.17) is 0 Å². The van der Waals surface area contributed by atoms with Crippen LogP contribution in [-0.4, -0.2) is 32.7 Å². The number of aromatic nitrogens is 2. The fraction of sp³-hybridized carbons (Fsp3) is 0.400. The standard InChI is InChI=1S/C20H24FN3O/c1-13(2)23(17-9-10-17)20(25)12-11-19-14(3)22-24(15(19)4)18-7-5-16(21)6-8-18/h5-8,11-13,17H,9-10H2,1-4H3. The molecule has 132 valence electrons. The van der Waals surface area contributed by atoms with Crippen LogP contribution in [-0.2, 0) is 4.79 Å². The van der Waals surface area contributed by atoms with Gasteiger partial charge in [0.1, 0.15) is 5.82 Å². The summed E-state index contributed by atoms with van der Waals surface area (Å²) < 4.78 is 14.9. The lowest BCUT2D eigenvalue weighted by molar-refractivity contribution is -0.128. The highest BCUT2D eigenvalue weighted by Crippen LogP contribution is 2.29. The van der Waals surface area contributed by atoms with E-state index in [1.807, 2.05) is 38.7 Å². The van der Waals surface area contributed by atoms with E-state index >= 15 is 0 Å². The van der Waals surface area contributed by atoms with Gasteiger partial charge in [-0.25, -0.2) is 9.07 Å². The zero-order valence-corrected chi connectivity index (χ0v) is 15.2. The number of aryl methyl sites for hydroxylation is 1. The predicted octanol–water partition coefficient (Wildman–Crippen LogP) is 4.04. The Labute approximate surface area is 148 Å². The molecule has 2 aromatic rings. The molecule has 0 aliphatic heterocycles. The summed E-state index contributed by atoms with van der Waals surface area (Å²) in [6.07, 6.45) is 5.68. The highest BCUT2D eigenvalue weighted by molar-refractivity contribution is 5.92. The summed E-state index contributed by atoms with van der Waals surface area (Å²) in [7, 11) is 0. The Morgan fingerprint density at radius 1 is 1.28 bits per heavy atom. The number of halogens is 1. The number of hydrogen-bond donors (Lipinski definition) is 0. The first-order valence-electron chi connectivity index (χ1n) is 8.71. The van der Waals surface area contributed by atoms with Crippen LogP contribution in [0.25, 0.3) is 11.8 Å². The SMILES string of the molecule is Cc1nn(-c2ccc(F)cc2)c(C)c1C=CC(=O)N(C(C)C)C1CC1. The van der Waals surface area contributed by atoms with Crippen LogP contribution in [0.1, 0.15) is 43.6 Å². The van der Waals surface area contributed by atoms with E-state index in [9.17, 15) is 9.18 Å². The van der Waals surface area contributed by atoms with Gasteiger partial charge in [0.2, 0.25) is 5.91 Å². The monoisotopic (exact) mass is 341 g/mol. The molecular weight excluding hydrogens is 317 g/mol. The Balaban J connectivity index is 1.85. The molecule has 1 heterocycles. The molecule has 0 radical (unpaired) electrons. The third-order valence-corrected chi connectivity index (χ3v) is 4.56. The number of benzene rings is 1. The second-order valence-corrected chi connectivity index (χ2v) is 6.88. The molecule has 1 aromatic heterocycles. The highest BCUT2D eigenvalue weighted by atomic mass is 19.1. The summed E-state index contributed by atoms with van der Waals surface area (Å²) in [6, 6.07) is 6.82. The second-order valence-electron chi connectivity index (χ2n) is 6.88. The summed E-state index contributed by atoms with van der Waals surface area (Å²) in [5.41, 5.74) is 3.50. The molecule has 5 heteroatoms. The number of carbonyl (C=O) groups is 1. The van der Waals surface area contributed by atoms with Crippen molar-refractivity contribution in [2.75, 3.05) is 0 Å². The molecule has 1 aliphatic rings. The average Bonchev–Trinajstić information content (AvgIpc) is 3.33. The molecule has 1 saturated carbocycles. The fourth-order valence-corrected chi connectivity index (χ4v) is 3.18. The van der Waals surface area contributed by atoms with Crippen LogP contribution in [0.2, 0.25) is 0 Å². The lowest BCUT2D eigenvalue weighted by Crippen LogP contribution is -2.37. The van der Waals surface area contributed by atoms with Crippen molar-refractivity contribution >= 4 is 12.0 Å². The van der Waals surface area contributed by atoms with Crippen LogP contribution < -0.4 is 0 Å². The van der Waals surface area contributed by atoms with Crippen LogP contribution in [0.4, 0.5) is 4.39 Å². The lowest BCUT2D eigenvalue weighted by Gasteiger charge is -2.25. The van der Waals surface area contributed by atoms with E-state index in [0.29, 0.717) is 6.04 Å². The van der Waals surface area contributed by atoms with Gasteiger partial charge in [-0.3, -0.25) is 4.79 Å². The normalized spacial score (nSPS) is 14.5. The first-order chi connectivity index (χ1) is 11.9. The van der Waals surface area contributed by atoms with Crippen molar-refractivity contribution in [2.24, 2.45) is 0 Å². The third-order valence-electron chi connectivity index (χ3n) is 4.56. The van der Waals surface area contributed by atoms with E-state index in [1.165, 1.54) is 12.1 Å². The minimum Gasteiger partial charge on any atom is -0.334 e. The topological polar surface area (TPSA) is 38.1 Å². The van der Waals surface area contributed by atoms with Gasteiger partial charge in [0.05, 0.1) is 11.4 Å². The molecule has 3 rings (SSSR count). The maximum Gasteiger partial charge on any atom is 0.247 e. The van der Waals surface area contributed by atoms with Crippen molar-refractivity contribution in [2.45, 2.75) is 52.6 Å². The minimum absolute atomic E-state index is 0.0471. The molecule has 1 aromatic carbocycles. The summed E-state index contributed by atoms with van der Waals surface area (Å²) in [5, 5.41) is 4.53. The molecule has 4 nitrogen and oxygen atoms in total. The summed E-state index contributed by atoms with van der Waals surface area (Å²) in [5.74, 6) is -0.226. The fourth-order valence-electron chi connectivity index (χ4n) is 3.18. The van der Waals surface area contributed by atoms with Gasteiger partial charge >= 0.3 is 0 Å². The van der Waals surface area contributed by atoms with Crippen LogP contribution in [0.15, 0.2) is 30.3 Å². The largest absolute Gasteiger partial charge is 0.334 e. The Hall–Kier alpha value is -2.43. The summed E-state index contributed by atoms with van der Waals surface area (Å²) >= 11 is 0. The van der Waals surface area contributed by atoms with Crippen molar-refractivity contribution in [3.8, 4) is 5.69 Å². The zero-order valence-electron chi connectivity index (χ0n) is 15.2. The number of amides is 1. The zero-order chi connectivity index (χ0) is 18.1. The van der Waals surface area contributed by atoms with Crippen LogP contribution in [0.5, 0.6) is 0 Å². The van der Waals surface area contributed by atoms with Gasteiger partial charge < -0.3 is 4.90 Å². The van der Waals surface area contributed by atoms with Crippen molar-refractivity contribution in [1.82, 2.24) is 14.7 Å². The van der Waals surface area contributed by atoms with Gasteiger partial charge in [0.25, 0.3) is 0 Å². The maximum absolute atomic E-state index is 13.1. The first-order valence-corrected chi connectivity index (χ1v) is 8.71. The van der Waals surface area contributed by atoms with Gasteiger partial charge in [-0.1, -0.05) is 0 Å². The number of nitrogens with zero attached hydrogens (tertiary/aromatic N) is 3. The van der Waals surface area contributed by atoms with E-state index in [0.717, 1.165) is 35.5 Å². The molecule has 1 fully saturated rings. The first kappa shape index (κ1) is 17.4. The van der Waals surface area contributed by atoms with Gasteiger partial charge in [-0.15, -0.1) is 0 Å². The van der Waals surface area contributed by atoms with E-state index < -0.39 is 0 Å². The molecule has 0 N–H and O–H groups in total. The second kappa shape index (κ2) is 6.82. The molecule has 25 heavy (non-hydrogen) atoms. The molecule has 0 spiro atoms. The van der Waals surface area contributed by atoms with Gasteiger partial charge in [-0.05, 0) is 70.9 Å². The predicted molar refractivity (Wildman–Crippen MR) is 97.0 cm³/mol. The van der Waals surface area contributed by atoms with Crippen molar-refractivity contribution in [3.05, 3.63) is 53.1 Å². The lowest BCUT2D eigenvalue weighted by atomic mass is 10.1. The van der Waals surface area contributed by atoms with Gasteiger partial charge in [-0.2, -0.15) is 5.10 Å². The van der Waals surface area contributed by atoms with Crippen LogP contribution >= 0.6 is 0 Å². The molecule has 0 unspecified atom stereocenters. The minimum atomic E-state index is -0.273. The molecule has 1 aliphatic carbocycles. The quantitative estimate of drug-likeness (QED) is 0.770. The van der Waals surface area contributed by atoms with E-state index in [2.05, 4.69) is 5.10 Å².